The van der Waals surface area contributed by atoms with Crippen LogP contribution in [0.5, 0.6) is 0 Å². The molecule has 2 nitrogen and oxygen atoms in total. The van der Waals surface area contributed by atoms with E-state index in [1.165, 1.54) is 57.8 Å². The lowest BCUT2D eigenvalue weighted by Gasteiger charge is -2.50. The molecule has 3 aliphatic rings. The molecule has 2 heteroatoms. The molecule has 1 saturated heterocycles. The first-order chi connectivity index (χ1) is 8.26. The summed E-state index contributed by atoms with van der Waals surface area (Å²) in [4.78, 5) is 0. The van der Waals surface area contributed by atoms with E-state index in [0.29, 0.717) is 0 Å². The Balaban J connectivity index is 1.73. The Morgan fingerprint density at radius 2 is 1.76 bits per heavy atom. The molecular weight excluding hydrogens is 210 g/mol. The minimum Gasteiger partial charge on any atom is -0.366 e. The van der Waals surface area contributed by atoms with Gasteiger partial charge in [0, 0.05) is 13.1 Å². The van der Waals surface area contributed by atoms with Crippen molar-refractivity contribution in [2.24, 2.45) is 5.92 Å². The van der Waals surface area contributed by atoms with Crippen molar-refractivity contribution in [3.05, 3.63) is 0 Å². The van der Waals surface area contributed by atoms with E-state index in [1.807, 2.05) is 0 Å². The van der Waals surface area contributed by atoms with Crippen molar-refractivity contribution in [1.29, 1.82) is 0 Å². The average Bonchev–Trinajstić information content (AvgIpc) is 2.77. The van der Waals surface area contributed by atoms with Crippen LogP contribution in [0.25, 0.3) is 0 Å². The first-order valence-electron chi connectivity index (χ1n) is 7.67. The first-order valence-corrected chi connectivity index (χ1v) is 7.67. The molecule has 17 heavy (non-hydrogen) atoms. The van der Waals surface area contributed by atoms with Gasteiger partial charge in [0.1, 0.15) is 0 Å². The molecule has 0 aromatic heterocycles. The molecule has 3 rings (SSSR count). The Morgan fingerprint density at radius 3 is 2.53 bits per heavy atom. The van der Waals surface area contributed by atoms with Crippen LogP contribution in [0.1, 0.15) is 64.7 Å². The van der Waals surface area contributed by atoms with E-state index in [1.54, 1.807) is 0 Å². The van der Waals surface area contributed by atoms with Crippen LogP contribution in [-0.4, -0.2) is 24.3 Å². The van der Waals surface area contributed by atoms with Crippen LogP contribution in [0.3, 0.4) is 0 Å². The summed E-state index contributed by atoms with van der Waals surface area (Å²) in [5.41, 5.74) is 0.412. The second-order valence-corrected chi connectivity index (χ2v) is 6.65. The fourth-order valence-electron chi connectivity index (χ4n) is 4.39. The molecule has 1 N–H and O–H groups in total. The summed E-state index contributed by atoms with van der Waals surface area (Å²) in [6, 6.07) is 0. The highest BCUT2D eigenvalue weighted by atomic mass is 16.5. The molecule has 2 aliphatic carbocycles. The van der Waals surface area contributed by atoms with Crippen molar-refractivity contribution in [1.82, 2.24) is 5.32 Å². The Bertz CT molecular complexity index is 268. The quantitative estimate of drug-likeness (QED) is 0.756. The maximum atomic E-state index is 6.73. The zero-order valence-corrected chi connectivity index (χ0v) is 11.3. The van der Waals surface area contributed by atoms with Crippen molar-refractivity contribution in [2.45, 2.75) is 75.9 Å². The van der Waals surface area contributed by atoms with Crippen LogP contribution in [0.15, 0.2) is 0 Å². The fourth-order valence-corrected chi connectivity index (χ4v) is 4.39. The zero-order chi connectivity index (χ0) is 11.8. The molecule has 2 saturated carbocycles. The van der Waals surface area contributed by atoms with Gasteiger partial charge in [0.15, 0.2) is 0 Å². The highest BCUT2D eigenvalue weighted by molar-refractivity contribution is 5.01. The summed E-state index contributed by atoms with van der Waals surface area (Å²) < 4.78 is 6.73. The van der Waals surface area contributed by atoms with Crippen LogP contribution in [0.4, 0.5) is 0 Å². The Labute approximate surface area is 105 Å². The normalized spacial score (nSPS) is 41.1. The predicted molar refractivity (Wildman–Crippen MR) is 70.1 cm³/mol. The SMILES string of the molecule is CCC1CCCC2(CNCC3(CCCC3)O2)C1. The number of hydrogen-bond acceptors (Lipinski definition) is 2. The molecule has 2 spiro atoms. The molecule has 2 unspecified atom stereocenters. The first kappa shape index (κ1) is 12.0. The van der Waals surface area contributed by atoms with Gasteiger partial charge in [-0.15, -0.1) is 0 Å². The van der Waals surface area contributed by atoms with Crippen molar-refractivity contribution in [3.63, 3.8) is 0 Å². The molecule has 0 amide bonds. The summed E-state index contributed by atoms with van der Waals surface area (Å²) in [7, 11) is 0. The Morgan fingerprint density at radius 1 is 1.06 bits per heavy atom. The van der Waals surface area contributed by atoms with Gasteiger partial charge >= 0.3 is 0 Å². The lowest BCUT2D eigenvalue weighted by molar-refractivity contribution is -0.194. The lowest BCUT2D eigenvalue weighted by Crippen LogP contribution is -2.60. The summed E-state index contributed by atoms with van der Waals surface area (Å²) in [6.07, 6.45) is 12.0. The minimum absolute atomic E-state index is 0.196. The van der Waals surface area contributed by atoms with E-state index >= 15 is 0 Å². The molecule has 1 heterocycles. The molecule has 0 aromatic rings. The van der Waals surface area contributed by atoms with Crippen LogP contribution < -0.4 is 5.32 Å². The topological polar surface area (TPSA) is 21.3 Å². The summed E-state index contributed by atoms with van der Waals surface area (Å²) >= 11 is 0. The third kappa shape index (κ3) is 2.26. The third-order valence-electron chi connectivity index (χ3n) is 5.32. The summed E-state index contributed by atoms with van der Waals surface area (Å²) in [6.45, 7) is 4.54. The predicted octanol–water partition coefficient (Wildman–Crippen LogP) is 3.26. The monoisotopic (exact) mass is 237 g/mol. The van der Waals surface area contributed by atoms with Gasteiger partial charge in [-0.05, 0) is 31.6 Å². The number of hydrogen-bond donors (Lipinski definition) is 1. The fraction of sp³-hybridized carbons (Fsp3) is 1.00. The van der Waals surface area contributed by atoms with Gasteiger partial charge < -0.3 is 10.1 Å². The molecule has 3 fully saturated rings. The average molecular weight is 237 g/mol. The van der Waals surface area contributed by atoms with Gasteiger partial charge in [-0.25, -0.2) is 0 Å². The third-order valence-corrected chi connectivity index (χ3v) is 5.32. The van der Waals surface area contributed by atoms with E-state index in [9.17, 15) is 0 Å². The number of ether oxygens (including phenoxy) is 1. The van der Waals surface area contributed by atoms with E-state index < -0.39 is 0 Å². The second-order valence-electron chi connectivity index (χ2n) is 6.65. The summed E-state index contributed by atoms with van der Waals surface area (Å²) in [5.74, 6) is 0.905. The van der Waals surface area contributed by atoms with Crippen LogP contribution in [-0.2, 0) is 4.74 Å². The standard InChI is InChI=1S/C15H27NO/c1-2-13-6-5-9-15(10-13)12-16-11-14(17-15)7-3-4-8-14/h13,16H,2-12H2,1H3. The zero-order valence-electron chi connectivity index (χ0n) is 11.3. The molecule has 0 aromatic carbocycles. The van der Waals surface area contributed by atoms with Gasteiger partial charge in [0.2, 0.25) is 0 Å². The number of rotatable bonds is 1. The Hall–Kier alpha value is -0.0800. The van der Waals surface area contributed by atoms with Crippen LogP contribution in [0.2, 0.25) is 0 Å². The van der Waals surface area contributed by atoms with Crippen LogP contribution >= 0.6 is 0 Å². The highest BCUT2D eigenvalue weighted by Gasteiger charge is 2.48. The van der Waals surface area contributed by atoms with Crippen molar-refractivity contribution < 1.29 is 4.74 Å². The molecule has 2 atom stereocenters. The molecule has 0 radical (unpaired) electrons. The highest BCUT2D eigenvalue weighted by Crippen LogP contribution is 2.45. The maximum absolute atomic E-state index is 6.73. The van der Waals surface area contributed by atoms with E-state index in [0.717, 1.165) is 19.0 Å². The summed E-state index contributed by atoms with van der Waals surface area (Å²) in [5, 5.41) is 3.70. The van der Waals surface area contributed by atoms with E-state index in [4.69, 9.17) is 4.74 Å². The van der Waals surface area contributed by atoms with Crippen molar-refractivity contribution in [2.75, 3.05) is 13.1 Å². The lowest BCUT2D eigenvalue weighted by atomic mass is 9.75. The molecule has 98 valence electrons. The molecule has 0 bridgehead atoms. The van der Waals surface area contributed by atoms with E-state index in [2.05, 4.69) is 12.2 Å². The Kier molecular flexibility index (Phi) is 3.20. The minimum atomic E-state index is 0.196. The van der Waals surface area contributed by atoms with Gasteiger partial charge in [0.05, 0.1) is 11.2 Å². The largest absolute Gasteiger partial charge is 0.366 e. The van der Waals surface area contributed by atoms with Gasteiger partial charge in [-0.2, -0.15) is 0 Å². The maximum Gasteiger partial charge on any atom is 0.0817 e. The molecule has 1 aliphatic heterocycles. The molecular formula is C15H27NO. The second kappa shape index (κ2) is 4.55. The van der Waals surface area contributed by atoms with Crippen LogP contribution in [0, 0.1) is 5.92 Å². The smallest absolute Gasteiger partial charge is 0.0817 e. The number of nitrogens with one attached hydrogen (secondary N) is 1. The van der Waals surface area contributed by atoms with E-state index in [-0.39, 0.29) is 11.2 Å². The van der Waals surface area contributed by atoms with Crippen molar-refractivity contribution >= 4 is 0 Å². The number of morpholine rings is 1. The van der Waals surface area contributed by atoms with Gasteiger partial charge in [-0.1, -0.05) is 39.0 Å². The van der Waals surface area contributed by atoms with Crippen molar-refractivity contribution in [3.8, 4) is 0 Å². The van der Waals surface area contributed by atoms with Gasteiger partial charge in [-0.3, -0.25) is 0 Å². The van der Waals surface area contributed by atoms with Gasteiger partial charge in [0.25, 0.3) is 0 Å².